The van der Waals surface area contributed by atoms with E-state index in [1.54, 1.807) is 0 Å². The van der Waals surface area contributed by atoms with Crippen LogP contribution >= 0.6 is 0 Å². The molecule has 0 amide bonds. The minimum Gasteiger partial charge on any atom is -0.507 e. The number of hydrogen-bond donors (Lipinski definition) is 2. The number of benzene rings is 2. The van der Waals surface area contributed by atoms with Gasteiger partial charge in [0.05, 0.1) is 0 Å². The second-order valence-corrected chi connectivity index (χ2v) is 11.5. The summed E-state index contributed by atoms with van der Waals surface area (Å²) in [7, 11) is 0. The first-order valence-electron chi connectivity index (χ1n) is 11.5. The van der Waals surface area contributed by atoms with Gasteiger partial charge in [0.15, 0.2) is 0 Å². The number of rotatable bonds is 2. The molecule has 0 heterocycles. The van der Waals surface area contributed by atoms with Gasteiger partial charge in [-0.2, -0.15) is 0 Å². The first-order valence-corrected chi connectivity index (χ1v) is 11.5. The van der Waals surface area contributed by atoms with E-state index in [-0.39, 0.29) is 16.2 Å². The van der Waals surface area contributed by atoms with Crippen molar-refractivity contribution in [1.82, 2.24) is 0 Å². The molecule has 0 saturated heterocycles. The lowest BCUT2D eigenvalue weighted by molar-refractivity contribution is 0.342. The van der Waals surface area contributed by atoms with Crippen molar-refractivity contribution in [2.45, 2.75) is 104 Å². The highest BCUT2D eigenvalue weighted by atomic mass is 16.3. The van der Waals surface area contributed by atoms with Crippen LogP contribution in [-0.4, -0.2) is 10.2 Å². The lowest BCUT2D eigenvalue weighted by atomic mass is 9.63. The Kier molecular flexibility index (Phi) is 5.77. The maximum absolute atomic E-state index is 10.8. The minimum absolute atomic E-state index is 0.0742. The van der Waals surface area contributed by atoms with Gasteiger partial charge in [-0.25, -0.2) is 0 Å². The van der Waals surface area contributed by atoms with Crippen molar-refractivity contribution in [3.63, 3.8) is 0 Å². The SMILES string of the molecule is Cc1cc(C2(c3cc(C)c(O)c(C(C)(C)C)c3)CCCCC2)cc(C(C)(C)C)c1O. The Morgan fingerprint density at radius 2 is 1.00 bits per heavy atom. The molecule has 30 heavy (non-hydrogen) atoms. The molecule has 1 fully saturated rings. The van der Waals surface area contributed by atoms with Crippen molar-refractivity contribution < 1.29 is 10.2 Å². The monoisotopic (exact) mass is 408 g/mol. The molecule has 3 rings (SSSR count). The zero-order chi connectivity index (χ0) is 22.5. The summed E-state index contributed by atoms with van der Waals surface area (Å²) in [6, 6.07) is 8.92. The molecular weight excluding hydrogens is 368 g/mol. The molecule has 2 aromatic rings. The summed E-state index contributed by atoms with van der Waals surface area (Å²) in [5.41, 5.74) is 6.25. The van der Waals surface area contributed by atoms with Gasteiger partial charge < -0.3 is 10.2 Å². The lowest BCUT2D eigenvalue weighted by Crippen LogP contribution is -2.32. The fourth-order valence-electron chi connectivity index (χ4n) is 5.15. The summed E-state index contributed by atoms with van der Waals surface area (Å²) in [4.78, 5) is 0. The number of phenols is 2. The largest absolute Gasteiger partial charge is 0.507 e. The zero-order valence-electron chi connectivity index (χ0n) is 20.2. The second-order valence-electron chi connectivity index (χ2n) is 11.5. The Balaban J connectivity index is 2.31. The fourth-order valence-corrected chi connectivity index (χ4v) is 5.15. The highest BCUT2D eigenvalue weighted by molar-refractivity contribution is 5.55. The molecule has 164 valence electrons. The summed E-state index contributed by atoms with van der Waals surface area (Å²) in [5.74, 6) is 0.851. The van der Waals surface area contributed by atoms with Crippen LogP contribution in [0.25, 0.3) is 0 Å². The standard InChI is InChI=1S/C28H40O2/c1-18-14-20(16-22(24(18)29)26(3,4)5)28(12-10-9-11-13-28)21-15-19(2)25(30)23(17-21)27(6,7)8/h14-17,29-30H,9-13H2,1-8H3. The van der Waals surface area contributed by atoms with Crippen LogP contribution in [0.2, 0.25) is 0 Å². The second kappa shape index (κ2) is 7.62. The maximum atomic E-state index is 10.8. The molecule has 0 spiro atoms. The molecule has 0 aromatic heterocycles. The van der Waals surface area contributed by atoms with Crippen LogP contribution in [0.5, 0.6) is 11.5 Å². The fraction of sp³-hybridized carbons (Fsp3) is 0.571. The molecule has 0 radical (unpaired) electrons. The third kappa shape index (κ3) is 3.98. The van der Waals surface area contributed by atoms with Gasteiger partial charge in [-0.3, -0.25) is 0 Å². The molecule has 0 bridgehead atoms. The van der Waals surface area contributed by atoms with Crippen LogP contribution in [0.3, 0.4) is 0 Å². The highest BCUT2D eigenvalue weighted by Gasteiger charge is 2.38. The Labute approximate surface area is 183 Å². The van der Waals surface area contributed by atoms with E-state index in [0.717, 1.165) is 35.1 Å². The highest BCUT2D eigenvalue weighted by Crippen LogP contribution is 2.49. The first-order chi connectivity index (χ1) is 13.8. The van der Waals surface area contributed by atoms with E-state index in [1.165, 1.54) is 30.4 Å². The van der Waals surface area contributed by atoms with Gasteiger partial charge in [0.25, 0.3) is 0 Å². The Hall–Kier alpha value is -1.96. The zero-order valence-corrected chi connectivity index (χ0v) is 20.2. The van der Waals surface area contributed by atoms with Crippen molar-refractivity contribution in [3.05, 3.63) is 57.6 Å². The van der Waals surface area contributed by atoms with Crippen LogP contribution in [0, 0.1) is 13.8 Å². The Morgan fingerprint density at radius 1 is 0.633 bits per heavy atom. The summed E-state index contributed by atoms with van der Waals surface area (Å²) >= 11 is 0. The third-order valence-electron chi connectivity index (χ3n) is 7.03. The van der Waals surface area contributed by atoms with Crippen LogP contribution in [0.4, 0.5) is 0 Å². The average Bonchev–Trinajstić information content (AvgIpc) is 2.64. The number of phenolic OH excluding ortho intramolecular Hbond substituents is 2. The molecule has 2 N–H and O–H groups in total. The summed E-state index contributed by atoms with van der Waals surface area (Å²) in [5, 5.41) is 21.6. The predicted octanol–water partition coefficient (Wildman–Crippen LogP) is 7.56. The summed E-state index contributed by atoms with van der Waals surface area (Å²) in [6.07, 6.45) is 5.89. The van der Waals surface area contributed by atoms with Gasteiger partial charge in [0.2, 0.25) is 0 Å². The lowest BCUT2D eigenvalue weighted by Gasteiger charge is -2.41. The van der Waals surface area contributed by atoms with E-state index < -0.39 is 0 Å². The Bertz CT molecular complexity index is 861. The third-order valence-corrected chi connectivity index (χ3v) is 7.03. The molecule has 1 saturated carbocycles. The summed E-state index contributed by atoms with van der Waals surface area (Å²) < 4.78 is 0. The van der Waals surface area contributed by atoms with Crippen molar-refractivity contribution in [2.24, 2.45) is 0 Å². The van der Waals surface area contributed by atoms with Crippen LogP contribution in [-0.2, 0) is 16.2 Å². The van der Waals surface area contributed by atoms with Gasteiger partial charge in [0.1, 0.15) is 11.5 Å². The van der Waals surface area contributed by atoms with Crippen molar-refractivity contribution in [2.75, 3.05) is 0 Å². The van der Waals surface area contributed by atoms with E-state index in [1.807, 2.05) is 13.8 Å². The minimum atomic E-state index is -0.123. The van der Waals surface area contributed by atoms with E-state index in [0.29, 0.717) is 11.5 Å². The molecule has 0 aliphatic heterocycles. The van der Waals surface area contributed by atoms with Crippen molar-refractivity contribution >= 4 is 0 Å². The average molecular weight is 409 g/mol. The molecule has 0 unspecified atom stereocenters. The smallest absolute Gasteiger partial charge is 0.122 e. The molecule has 2 nitrogen and oxygen atoms in total. The van der Waals surface area contributed by atoms with Crippen LogP contribution in [0.15, 0.2) is 24.3 Å². The summed E-state index contributed by atoms with van der Waals surface area (Å²) in [6.45, 7) is 17.0. The van der Waals surface area contributed by atoms with E-state index >= 15 is 0 Å². The van der Waals surface area contributed by atoms with Crippen LogP contribution < -0.4 is 0 Å². The van der Waals surface area contributed by atoms with Crippen molar-refractivity contribution in [3.8, 4) is 11.5 Å². The van der Waals surface area contributed by atoms with Gasteiger partial charge >= 0.3 is 0 Å². The Morgan fingerprint density at radius 3 is 1.33 bits per heavy atom. The predicted molar refractivity (Wildman–Crippen MR) is 127 cm³/mol. The normalized spacial score (nSPS) is 17.2. The quantitative estimate of drug-likeness (QED) is 0.538. The molecule has 2 heteroatoms. The number of aromatic hydroxyl groups is 2. The number of aryl methyl sites for hydroxylation is 2. The molecule has 1 aliphatic carbocycles. The molecule has 0 atom stereocenters. The van der Waals surface area contributed by atoms with Crippen LogP contribution in [0.1, 0.15) is 107 Å². The number of hydrogen-bond acceptors (Lipinski definition) is 2. The molecular formula is C28H40O2. The maximum Gasteiger partial charge on any atom is 0.122 e. The van der Waals surface area contributed by atoms with Gasteiger partial charge in [-0.05, 0) is 70.9 Å². The van der Waals surface area contributed by atoms with Gasteiger partial charge in [-0.1, -0.05) is 85.1 Å². The van der Waals surface area contributed by atoms with Crippen molar-refractivity contribution in [1.29, 1.82) is 0 Å². The van der Waals surface area contributed by atoms with E-state index in [9.17, 15) is 10.2 Å². The topological polar surface area (TPSA) is 40.5 Å². The first kappa shape index (κ1) is 22.7. The van der Waals surface area contributed by atoms with E-state index in [4.69, 9.17) is 0 Å². The van der Waals surface area contributed by atoms with Gasteiger partial charge in [0, 0.05) is 5.41 Å². The molecule has 2 aromatic carbocycles. The molecule has 1 aliphatic rings. The van der Waals surface area contributed by atoms with E-state index in [2.05, 4.69) is 65.8 Å². The van der Waals surface area contributed by atoms with Gasteiger partial charge in [-0.15, -0.1) is 0 Å².